The Morgan fingerprint density at radius 2 is 2.04 bits per heavy atom. The molecule has 1 N–H and O–H groups in total. The first-order chi connectivity index (χ1) is 12.9. The van der Waals surface area contributed by atoms with E-state index in [0.717, 1.165) is 18.4 Å². The van der Waals surface area contributed by atoms with Crippen molar-refractivity contribution in [2.75, 3.05) is 0 Å². The number of benzene rings is 1. The fraction of sp³-hybridized carbons (Fsp3) is 0.714. The number of ether oxygens (including phenoxy) is 4. The van der Waals surface area contributed by atoms with Crippen LogP contribution in [0.2, 0.25) is 0 Å². The molecule has 3 rings (SSSR count). The van der Waals surface area contributed by atoms with E-state index in [0.29, 0.717) is 18.4 Å². The van der Waals surface area contributed by atoms with Crippen molar-refractivity contribution in [2.45, 2.75) is 96.5 Å². The fourth-order valence-corrected chi connectivity index (χ4v) is 3.79. The quantitative estimate of drug-likeness (QED) is 0.743. The van der Waals surface area contributed by atoms with E-state index in [-0.39, 0.29) is 12.4 Å². The predicted octanol–water partition coefficient (Wildman–Crippen LogP) is 3.70. The number of aliphatic hydroxyl groups excluding tert-OH is 1. The van der Waals surface area contributed by atoms with E-state index in [2.05, 4.69) is 6.92 Å². The lowest BCUT2D eigenvalue weighted by atomic mass is 10.0. The molecule has 0 spiro atoms. The lowest BCUT2D eigenvalue weighted by Gasteiger charge is -2.28. The summed E-state index contributed by atoms with van der Waals surface area (Å²) in [7, 11) is 0. The maximum absolute atomic E-state index is 14.3. The van der Waals surface area contributed by atoms with Gasteiger partial charge < -0.3 is 24.1 Å². The van der Waals surface area contributed by atoms with E-state index in [1.54, 1.807) is 6.07 Å². The Morgan fingerprint density at radius 3 is 2.74 bits per heavy atom. The molecule has 0 aliphatic carbocycles. The SMILES string of the molecule is CCCCc1c(F)cccc1CO[C@@H]1[C@H]2OC(C)(C)O[C@H]2O[C@@H]1[C@H](O)CC. The molecule has 0 radical (unpaired) electrons. The van der Waals surface area contributed by atoms with Crippen LogP contribution in [0.15, 0.2) is 18.2 Å². The van der Waals surface area contributed by atoms with Crippen molar-refractivity contribution in [3.05, 3.63) is 35.1 Å². The first-order valence-electron chi connectivity index (χ1n) is 9.93. The molecule has 6 heteroatoms. The van der Waals surface area contributed by atoms with Crippen LogP contribution in [0.5, 0.6) is 0 Å². The van der Waals surface area contributed by atoms with Crippen LogP contribution in [-0.4, -0.2) is 41.6 Å². The van der Waals surface area contributed by atoms with Gasteiger partial charge in [0.2, 0.25) is 0 Å². The number of unbranched alkanes of at least 4 members (excludes halogenated alkanes) is 1. The third kappa shape index (κ3) is 4.51. The third-order valence-corrected chi connectivity index (χ3v) is 5.25. The largest absolute Gasteiger partial charge is 0.390 e. The molecule has 1 aromatic carbocycles. The average Bonchev–Trinajstić information content (AvgIpc) is 3.10. The summed E-state index contributed by atoms with van der Waals surface area (Å²) < 4.78 is 38.1. The molecule has 2 aliphatic heterocycles. The number of fused-ring (bicyclic) bond motifs is 1. The van der Waals surface area contributed by atoms with Crippen LogP contribution in [0.4, 0.5) is 4.39 Å². The van der Waals surface area contributed by atoms with Gasteiger partial charge in [-0.1, -0.05) is 32.4 Å². The van der Waals surface area contributed by atoms with E-state index in [1.807, 2.05) is 26.8 Å². The van der Waals surface area contributed by atoms with Gasteiger partial charge in [0, 0.05) is 0 Å². The molecule has 2 fully saturated rings. The Bertz CT molecular complexity index is 635. The van der Waals surface area contributed by atoms with Gasteiger partial charge in [0.25, 0.3) is 0 Å². The van der Waals surface area contributed by atoms with Gasteiger partial charge in [-0.15, -0.1) is 0 Å². The molecule has 0 bridgehead atoms. The van der Waals surface area contributed by atoms with Gasteiger partial charge in [-0.25, -0.2) is 4.39 Å². The van der Waals surface area contributed by atoms with Crippen molar-refractivity contribution in [3.63, 3.8) is 0 Å². The smallest absolute Gasteiger partial charge is 0.190 e. The summed E-state index contributed by atoms with van der Waals surface area (Å²) in [4.78, 5) is 0. The minimum atomic E-state index is -0.760. The van der Waals surface area contributed by atoms with Crippen LogP contribution in [0.25, 0.3) is 0 Å². The highest BCUT2D eigenvalue weighted by molar-refractivity contribution is 5.28. The summed E-state index contributed by atoms with van der Waals surface area (Å²) in [5.41, 5.74) is 1.53. The van der Waals surface area contributed by atoms with Gasteiger partial charge in [0.15, 0.2) is 12.1 Å². The van der Waals surface area contributed by atoms with Gasteiger partial charge in [-0.3, -0.25) is 0 Å². The number of aliphatic hydroxyl groups is 1. The molecule has 2 saturated heterocycles. The molecule has 0 saturated carbocycles. The van der Waals surface area contributed by atoms with Crippen molar-refractivity contribution >= 4 is 0 Å². The summed E-state index contributed by atoms with van der Waals surface area (Å²) in [5, 5.41) is 10.3. The molecule has 5 nitrogen and oxygen atoms in total. The average molecular weight is 382 g/mol. The zero-order valence-electron chi connectivity index (χ0n) is 16.6. The van der Waals surface area contributed by atoms with E-state index in [9.17, 15) is 9.50 Å². The monoisotopic (exact) mass is 382 g/mol. The minimum absolute atomic E-state index is 0.197. The Kier molecular flexibility index (Phi) is 6.54. The molecular formula is C21H31FO5. The van der Waals surface area contributed by atoms with Gasteiger partial charge in [-0.2, -0.15) is 0 Å². The molecule has 0 unspecified atom stereocenters. The predicted molar refractivity (Wildman–Crippen MR) is 98.6 cm³/mol. The normalized spacial score (nSPS) is 30.4. The summed E-state index contributed by atoms with van der Waals surface area (Å²) in [6.07, 6.45) is 0.471. The highest BCUT2D eigenvalue weighted by Gasteiger charge is 2.56. The van der Waals surface area contributed by atoms with Crippen LogP contribution in [0.1, 0.15) is 58.1 Å². The second kappa shape index (κ2) is 8.53. The van der Waals surface area contributed by atoms with Crippen molar-refractivity contribution in [3.8, 4) is 0 Å². The molecule has 152 valence electrons. The third-order valence-electron chi connectivity index (χ3n) is 5.25. The lowest BCUT2D eigenvalue weighted by molar-refractivity contribution is -0.230. The molecule has 5 atom stereocenters. The Hall–Kier alpha value is -1.05. The maximum atomic E-state index is 14.3. The Labute approximate surface area is 160 Å². The number of hydrogen-bond acceptors (Lipinski definition) is 5. The highest BCUT2D eigenvalue weighted by Crippen LogP contribution is 2.40. The Morgan fingerprint density at radius 1 is 1.26 bits per heavy atom. The van der Waals surface area contributed by atoms with Gasteiger partial charge in [-0.05, 0) is 50.3 Å². The van der Waals surface area contributed by atoms with E-state index in [4.69, 9.17) is 18.9 Å². The van der Waals surface area contributed by atoms with Crippen molar-refractivity contribution < 1.29 is 28.4 Å². The second-order valence-electron chi connectivity index (χ2n) is 7.80. The Balaban J connectivity index is 1.75. The van der Waals surface area contributed by atoms with E-state index >= 15 is 0 Å². The molecule has 27 heavy (non-hydrogen) atoms. The van der Waals surface area contributed by atoms with Crippen LogP contribution < -0.4 is 0 Å². The highest BCUT2D eigenvalue weighted by atomic mass is 19.1. The van der Waals surface area contributed by atoms with Gasteiger partial charge in [0.1, 0.15) is 24.1 Å². The fourth-order valence-electron chi connectivity index (χ4n) is 3.79. The lowest BCUT2D eigenvalue weighted by Crippen LogP contribution is -2.42. The zero-order chi connectivity index (χ0) is 19.6. The molecule has 0 aromatic heterocycles. The van der Waals surface area contributed by atoms with Crippen LogP contribution in [-0.2, 0) is 32.0 Å². The molecular weight excluding hydrogens is 351 g/mol. The standard InChI is InChI=1S/C21H31FO5/c1-5-7-10-14-13(9-8-11-15(14)22)12-24-18-17(16(23)6-2)25-20-19(18)26-21(3,4)27-20/h8-9,11,16-20,23H,5-7,10,12H2,1-4H3/t16-,17-,18+,19-,20-/m1/s1. The number of hydrogen-bond donors (Lipinski definition) is 1. The van der Waals surface area contributed by atoms with E-state index in [1.165, 1.54) is 6.07 Å². The minimum Gasteiger partial charge on any atom is -0.390 e. The van der Waals surface area contributed by atoms with Crippen LogP contribution in [0, 0.1) is 5.82 Å². The summed E-state index contributed by atoms with van der Waals surface area (Å²) in [6, 6.07) is 5.08. The summed E-state index contributed by atoms with van der Waals surface area (Å²) in [6.45, 7) is 7.87. The maximum Gasteiger partial charge on any atom is 0.190 e. The number of rotatable bonds is 8. The molecule has 2 aliphatic rings. The van der Waals surface area contributed by atoms with Crippen molar-refractivity contribution in [1.82, 2.24) is 0 Å². The van der Waals surface area contributed by atoms with Crippen molar-refractivity contribution in [1.29, 1.82) is 0 Å². The topological polar surface area (TPSA) is 57.2 Å². The van der Waals surface area contributed by atoms with Crippen LogP contribution >= 0.6 is 0 Å². The summed E-state index contributed by atoms with van der Waals surface area (Å²) in [5.74, 6) is -0.957. The molecule has 1 aromatic rings. The summed E-state index contributed by atoms with van der Waals surface area (Å²) >= 11 is 0. The molecule has 0 amide bonds. The molecule has 2 heterocycles. The van der Waals surface area contributed by atoms with Gasteiger partial charge in [0.05, 0.1) is 12.7 Å². The van der Waals surface area contributed by atoms with E-state index < -0.39 is 36.5 Å². The van der Waals surface area contributed by atoms with Crippen LogP contribution in [0.3, 0.4) is 0 Å². The van der Waals surface area contributed by atoms with Crippen molar-refractivity contribution in [2.24, 2.45) is 0 Å². The number of halogens is 1. The first-order valence-corrected chi connectivity index (χ1v) is 9.93. The first kappa shape index (κ1) is 20.7. The second-order valence-corrected chi connectivity index (χ2v) is 7.80. The zero-order valence-corrected chi connectivity index (χ0v) is 16.6. The van der Waals surface area contributed by atoms with Gasteiger partial charge >= 0.3 is 0 Å².